The summed E-state index contributed by atoms with van der Waals surface area (Å²) in [6.07, 6.45) is 22.2. The maximum Gasteiger partial charge on any atom is 0.150 e. The fraction of sp³-hybridized carbons (Fsp3) is 0.368. The summed E-state index contributed by atoms with van der Waals surface area (Å²) in [5.74, 6) is 8.33. The molecule has 0 bridgehead atoms. The Bertz CT molecular complexity index is 546. The van der Waals surface area contributed by atoms with Gasteiger partial charge in [0.1, 0.15) is 0 Å². The molecule has 0 aliphatic heterocycles. The van der Waals surface area contributed by atoms with E-state index < -0.39 is 0 Å². The first kappa shape index (κ1) is 17.2. The number of ether oxygens (including phenoxy) is 1. The minimum atomic E-state index is 0.597. The van der Waals surface area contributed by atoms with Crippen molar-refractivity contribution in [1.82, 2.24) is 0 Å². The summed E-state index contributed by atoms with van der Waals surface area (Å²) < 4.78 is 5.79. The van der Waals surface area contributed by atoms with Gasteiger partial charge in [0.25, 0.3) is 0 Å². The van der Waals surface area contributed by atoms with Crippen molar-refractivity contribution in [3.63, 3.8) is 0 Å². The van der Waals surface area contributed by atoms with Crippen LogP contribution in [0.4, 0.5) is 0 Å². The zero-order valence-corrected chi connectivity index (χ0v) is 13.7. The molecule has 1 nitrogen and oxygen atoms in total. The van der Waals surface area contributed by atoms with Crippen molar-refractivity contribution in [3.8, 4) is 42.8 Å². The predicted molar refractivity (Wildman–Crippen MR) is 92.6 cm³/mol. The van der Waals surface area contributed by atoms with Crippen LogP contribution < -0.4 is 4.74 Å². The molecule has 0 aliphatic rings. The fourth-order valence-electron chi connectivity index (χ4n) is 1.98. The van der Waals surface area contributed by atoms with Crippen LogP contribution in [0.25, 0.3) is 0 Å². The van der Waals surface area contributed by atoms with Gasteiger partial charge in [-0.3, -0.25) is 0 Å². The number of rotatable bonds is 8. The van der Waals surface area contributed by atoms with Crippen LogP contribution in [-0.2, 0) is 0 Å². The first-order valence-corrected chi connectivity index (χ1v) is 8.15. The normalized spacial score (nSPS) is 9.43. The average Bonchev–Trinajstić information content (AvgIpc) is 2.53. The van der Waals surface area contributed by atoms with Gasteiger partial charge in [-0.05, 0) is 25.0 Å². The zero-order chi connectivity index (χ0) is 15.5. The quantitative estimate of drug-likeness (QED) is 0.387. The van der Waals surface area contributed by atoms with E-state index in [0.29, 0.717) is 29.0 Å². The molecule has 1 aromatic carbocycles. The summed E-state index contributed by atoms with van der Waals surface area (Å²) in [7, 11) is 0. The fourth-order valence-corrected chi connectivity index (χ4v) is 2.38. The van der Waals surface area contributed by atoms with E-state index in [1.165, 1.54) is 19.3 Å². The molecular formula is C19H19BrO. The molecule has 1 rings (SSSR count). The van der Waals surface area contributed by atoms with Gasteiger partial charge in [0.15, 0.2) is 5.75 Å². The van der Waals surface area contributed by atoms with Gasteiger partial charge in [0.2, 0.25) is 0 Å². The van der Waals surface area contributed by atoms with Gasteiger partial charge < -0.3 is 4.74 Å². The SMILES string of the molecule is C#Cc1cc(C#C)c(OCCCCCCCBr)c(C#C)c1. The summed E-state index contributed by atoms with van der Waals surface area (Å²) in [6, 6.07) is 3.51. The van der Waals surface area contributed by atoms with Gasteiger partial charge in [-0.2, -0.15) is 0 Å². The molecule has 0 fully saturated rings. The second kappa shape index (κ2) is 9.99. The minimum absolute atomic E-state index is 0.597. The van der Waals surface area contributed by atoms with Crippen molar-refractivity contribution in [2.45, 2.75) is 32.1 Å². The Balaban J connectivity index is 2.61. The Labute approximate surface area is 136 Å². The average molecular weight is 343 g/mol. The highest BCUT2D eigenvalue weighted by molar-refractivity contribution is 9.09. The molecule has 0 amide bonds. The number of hydrogen-bond donors (Lipinski definition) is 0. The molecule has 0 unspecified atom stereocenters. The third-order valence-corrected chi connectivity index (χ3v) is 3.65. The number of alkyl halides is 1. The first-order chi connectivity index (χ1) is 10.3. The molecule has 0 N–H and O–H groups in total. The van der Waals surface area contributed by atoms with Crippen LogP contribution in [-0.4, -0.2) is 11.9 Å². The van der Waals surface area contributed by atoms with Gasteiger partial charge in [0, 0.05) is 10.9 Å². The molecule has 108 valence electrons. The van der Waals surface area contributed by atoms with Crippen LogP contribution in [0, 0.1) is 37.0 Å². The van der Waals surface area contributed by atoms with Crippen molar-refractivity contribution >= 4 is 15.9 Å². The summed E-state index contributed by atoms with van der Waals surface area (Å²) >= 11 is 3.43. The van der Waals surface area contributed by atoms with Gasteiger partial charge >= 0.3 is 0 Å². The van der Waals surface area contributed by atoms with E-state index in [4.69, 9.17) is 24.0 Å². The summed E-state index contributed by atoms with van der Waals surface area (Å²) in [5.41, 5.74) is 1.92. The van der Waals surface area contributed by atoms with Crippen molar-refractivity contribution < 1.29 is 4.74 Å². The number of hydrogen-bond acceptors (Lipinski definition) is 1. The monoisotopic (exact) mass is 342 g/mol. The highest BCUT2D eigenvalue weighted by Gasteiger charge is 2.09. The van der Waals surface area contributed by atoms with E-state index in [2.05, 4.69) is 33.7 Å². The van der Waals surface area contributed by atoms with Crippen LogP contribution in [0.1, 0.15) is 48.8 Å². The van der Waals surface area contributed by atoms with Crippen LogP contribution in [0.2, 0.25) is 0 Å². The highest BCUT2D eigenvalue weighted by Crippen LogP contribution is 2.25. The largest absolute Gasteiger partial charge is 0.491 e. The molecule has 0 atom stereocenters. The summed E-state index contributed by atoms with van der Waals surface area (Å²) in [6.45, 7) is 0.618. The van der Waals surface area contributed by atoms with Crippen molar-refractivity contribution in [1.29, 1.82) is 0 Å². The van der Waals surface area contributed by atoms with E-state index in [1.54, 1.807) is 12.1 Å². The van der Waals surface area contributed by atoms with E-state index in [0.717, 1.165) is 18.2 Å². The molecule has 21 heavy (non-hydrogen) atoms. The minimum Gasteiger partial charge on any atom is -0.491 e. The summed E-state index contributed by atoms with van der Waals surface area (Å²) in [4.78, 5) is 0. The molecular weight excluding hydrogens is 324 g/mol. The Hall–Kier alpha value is -1.82. The second-order valence-electron chi connectivity index (χ2n) is 4.64. The standard InChI is InChI=1S/C19H19BrO/c1-4-16-14-17(5-2)19(18(6-3)15-16)21-13-11-9-7-8-10-12-20/h1-3,14-15H,7-13H2. The Morgan fingerprint density at radius 1 is 0.857 bits per heavy atom. The second-order valence-corrected chi connectivity index (χ2v) is 5.43. The third kappa shape index (κ3) is 5.59. The highest BCUT2D eigenvalue weighted by atomic mass is 79.9. The van der Waals surface area contributed by atoms with Crippen molar-refractivity contribution in [3.05, 3.63) is 28.8 Å². The van der Waals surface area contributed by atoms with Crippen LogP contribution in [0.3, 0.4) is 0 Å². The van der Waals surface area contributed by atoms with Crippen LogP contribution in [0.15, 0.2) is 12.1 Å². The predicted octanol–water partition coefficient (Wildman–Crippen LogP) is 4.35. The van der Waals surface area contributed by atoms with Crippen LogP contribution in [0.5, 0.6) is 5.75 Å². The zero-order valence-electron chi connectivity index (χ0n) is 12.1. The van der Waals surface area contributed by atoms with Gasteiger partial charge in [-0.1, -0.05) is 53.0 Å². The van der Waals surface area contributed by atoms with E-state index in [9.17, 15) is 0 Å². The molecule has 0 spiro atoms. The molecule has 0 saturated carbocycles. The van der Waals surface area contributed by atoms with Crippen molar-refractivity contribution in [2.24, 2.45) is 0 Å². The Morgan fingerprint density at radius 2 is 1.43 bits per heavy atom. The lowest BCUT2D eigenvalue weighted by molar-refractivity contribution is 0.303. The molecule has 2 heteroatoms. The number of unbranched alkanes of at least 4 members (excludes halogenated alkanes) is 4. The van der Waals surface area contributed by atoms with Gasteiger partial charge in [-0.15, -0.1) is 19.3 Å². The maximum atomic E-state index is 5.79. The first-order valence-electron chi connectivity index (χ1n) is 7.03. The molecule has 1 aromatic rings. The van der Waals surface area contributed by atoms with E-state index in [-0.39, 0.29) is 0 Å². The van der Waals surface area contributed by atoms with Crippen molar-refractivity contribution in [2.75, 3.05) is 11.9 Å². The molecule has 0 aromatic heterocycles. The van der Waals surface area contributed by atoms with E-state index in [1.807, 2.05) is 0 Å². The number of halogens is 1. The lowest BCUT2D eigenvalue weighted by atomic mass is 10.0. The number of terminal acetylenes is 3. The maximum absolute atomic E-state index is 5.79. The lowest BCUT2D eigenvalue weighted by Gasteiger charge is -2.11. The Morgan fingerprint density at radius 3 is 1.95 bits per heavy atom. The molecule has 0 radical (unpaired) electrons. The van der Waals surface area contributed by atoms with Gasteiger partial charge in [0.05, 0.1) is 17.7 Å². The smallest absolute Gasteiger partial charge is 0.150 e. The Kier molecular flexibility index (Phi) is 8.19. The summed E-state index contributed by atoms with van der Waals surface area (Å²) in [5, 5.41) is 1.07. The molecule has 0 heterocycles. The topological polar surface area (TPSA) is 9.23 Å². The molecule has 0 aliphatic carbocycles. The third-order valence-electron chi connectivity index (χ3n) is 3.09. The lowest BCUT2D eigenvalue weighted by Crippen LogP contribution is -2.02. The van der Waals surface area contributed by atoms with Gasteiger partial charge in [-0.25, -0.2) is 0 Å². The van der Waals surface area contributed by atoms with E-state index >= 15 is 0 Å². The molecule has 0 saturated heterocycles. The van der Waals surface area contributed by atoms with Crippen LogP contribution >= 0.6 is 15.9 Å². The number of benzene rings is 1.